The van der Waals surface area contributed by atoms with Crippen molar-refractivity contribution in [3.05, 3.63) is 4.91 Å². The van der Waals surface area contributed by atoms with E-state index in [0.717, 1.165) is 31.6 Å². The standard InChI is InChI=1S/C13H23N3O4S/c1-13(2,21-14-20)10-15-6-8-16(9-7-15)11(17)4-3-5-12(18)19/h3-10H2,1-2H3,(H,18,19). The van der Waals surface area contributed by atoms with Crippen LogP contribution < -0.4 is 0 Å². The second kappa shape index (κ2) is 8.33. The Morgan fingerprint density at radius 2 is 1.81 bits per heavy atom. The van der Waals surface area contributed by atoms with Gasteiger partial charge in [-0.1, -0.05) is 0 Å². The predicted molar refractivity (Wildman–Crippen MR) is 82.0 cm³/mol. The van der Waals surface area contributed by atoms with Crippen molar-refractivity contribution in [3.63, 3.8) is 0 Å². The Kier molecular flexibility index (Phi) is 7.10. The maximum Gasteiger partial charge on any atom is 0.303 e. The fourth-order valence-corrected chi connectivity index (χ4v) is 2.81. The van der Waals surface area contributed by atoms with Crippen LogP contribution in [0.1, 0.15) is 33.1 Å². The van der Waals surface area contributed by atoms with Gasteiger partial charge in [-0.05, 0) is 20.3 Å². The molecule has 0 atom stereocenters. The van der Waals surface area contributed by atoms with Crippen molar-refractivity contribution in [3.8, 4) is 0 Å². The van der Waals surface area contributed by atoms with Gasteiger partial charge in [0.15, 0.2) is 0 Å². The normalized spacial score (nSPS) is 16.8. The summed E-state index contributed by atoms with van der Waals surface area (Å²) in [6.07, 6.45) is 0.724. The molecule has 0 radical (unpaired) electrons. The smallest absolute Gasteiger partial charge is 0.303 e. The van der Waals surface area contributed by atoms with E-state index in [1.807, 2.05) is 13.8 Å². The van der Waals surface area contributed by atoms with Crippen molar-refractivity contribution in [2.45, 2.75) is 37.9 Å². The number of amides is 1. The molecule has 0 aromatic carbocycles. The number of hydrogen-bond acceptors (Lipinski definition) is 6. The number of carboxylic acids is 1. The molecule has 0 unspecified atom stereocenters. The van der Waals surface area contributed by atoms with Gasteiger partial charge in [0, 0.05) is 66.8 Å². The summed E-state index contributed by atoms with van der Waals surface area (Å²) in [5.41, 5.74) is 0. The summed E-state index contributed by atoms with van der Waals surface area (Å²) in [6.45, 7) is 7.55. The van der Waals surface area contributed by atoms with Crippen LogP contribution in [0.4, 0.5) is 0 Å². The second-order valence-electron chi connectivity index (χ2n) is 5.83. The van der Waals surface area contributed by atoms with Crippen LogP contribution in [-0.4, -0.2) is 64.3 Å². The summed E-state index contributed by atoms with van der Waals surface area (Å²) >= 11 is 1.04. The summed E-state index contributed by atoms with van der Waals surface area (Å²) in [5, 5.41) is 8.56. The summed E-state index contributed by atoms with van der Waals surface area (Å²) in [4.78, 5) is 36.7. The molecule has 1 heterocycles. The van der Waals surface area contributed by atoms with Gasteiger partial charge < -0.3 is 10.0 Å². The largest absolute Gasteiger partial charge is 0.481 e. The number of carboxylic acid groups (broad SMARTS) is 1. The molecule has 0 aliphatic carbocycles. The summed E-state index contributed by atoms with van der Waals surface area (Å²) in [5.74, 6) is -0.838. The lowest BCUT2D eigenvalue weighted by Crippen LogP contribution is -2.51. The zero-order chi connectivity index (χ0) is 15.9. The number of piperazine rings is 1. The van der Waals surface area contributed by atoms with E-state index in [1.165, 1.54) is 0 Å². The van der Waals surface area contributed by atoms with Crippen LogP contribution in [0, 0.1) is 4.91 Å². The van der Waals surface area contributed by atoms with Crippen molar-refractivity contribution in [1.82, 2.24) is 9.80 Å². The Balaban J connectivity index is 2.29. The molecule has 21 heavy (non-hydrogen) atoms. The summed E-state index contributed by atoms with van der Waals surface area (Å²) in [6, 6.07) is 0. The minimum atomic E-state index is -0.865. The molecule has 1 fully saturated rings. The molecule has 0 saturated carbocycles. The van der Waals surface area contributed by atoms with E-state index in [9.17, 15) is 14.5 Å². The number of nitrogens with zero attached hydrogens (tertiary/aromatic N) is 3. The molecule has 1 aliphatic rings. The Bertz CT molecular complexity index is 382. The average Bonchev–Trinajstić information content (AvgIpc) is 2.38. The van der Waals surface area contributed by atoms with Gasteiger partial charge in [-0.25, -0.2) is 0 Å². The molecular weight excluding hydrogens is 294 g/mol. The fraction of sp³-hybridized carbons (Fsp3) is 0.846. The molecule has 120 valence electrons. The first-order valence-electron chi connectivity index (χ1n) is 7.07. The molecule has 0 aromatic heterocycles. The highest BCUT2D eigenvalue weighted by Gasteiger charge is 2.27. The zero-order valence-corrected chi connectivity index (χ0v) is 13.4. The lowest BCUT2D eigenvalue weighted by atomic mass is 10.1. The molecule has 0 aromatic rings. The van der Waals surface area contributed by atoms with Gasteiger partial charge in [0.05, 0.1) is 0 Å². The highest BCUT2D eigenvalue weighted by Crippen LogP contribution is 2.26. The topological polar surface area (TPSA) is 90.3 Å². The monoisotopic (exact) mass is 317 g/mol. The lowest BCUT2D eigenvalue weighted by Gasteiger charge is -2.37. The molecule has 0 bridgehead atoms. The van der Waals surface area contributed by atoms with Crippen LogP contribution in [0.3, 0.4) is 0 Å². The zero-order valence-electron chi connectivity index (χ0n) is 12.6. The maximum absolute atomic E-state index is 11.9. The molecule has 1 aliphatic heterocycles. The van der Waals surface area contributed by atoms with E-state index in [0.29, 0.717) is 25.9 Å². The van der Waals surface area contributed by atoms with Crippen LogP contribution in [0.15, 0.2) is 4.58 Å². The highest BCUT2D eigenvalue weighted by atomic mass is 32.2. The van der Waals surface area contributed by atoms with Gasteiger partial charge in [-0.3, -0.25) is 14.5 Å². The molecule has 1 N–H and O–H groups in total. The highest BCUT2D eigenvalue weighted by molar-refractivity contribution is 7.99. The summed E-state index contributed by atoms with van der Waals surface area (Å²) < 4.78 is 2.66. The van der Waals surface area contributed by atoms with Crippen LogP contribution in [-0.2, 0) is 9.59 Å². The van der Waals surface area contributed by atoms with Crippen LogP contribution in [0.2, 0.25) is 0 Å². The van der Waals surface area contributed by atoms with Crippen molar-refractivity contribution in [1.29, 1.82) is 0 Å². The first kappa shape index (κ1) is 17.9. The van der Waals surface area contributed by atoms with Crippen LogP contribution >= 0.6 is 11.9 Å². The summed E-state index contributed by atoms with van der Waals surface area (Å²) in [7, 11) is 0. The SMILES string of the molecule is CC(C)(CN1CCN(C(=O)CCCC(=O)O)CC1)SN=O. The number of aliphatic carboxylic acids is 1. The molecule has 1 saturated heterocycles. The lowest BCUT2D eigenvalue weighted by molar-refractivity contribution is -0.137. The van der Waals surface area contributed by atoms with E-state index in [1.54, 1.807) is 4.90 Å². The molecule has 8 heteroatoms. The number of carbonyl (C=O) groups is 2. The number of rotatable bonds is 8. The van der Waals surface area contributed by atoms with E-state index in [2.05, 4.69) is 9.48 Å². The molecule has 7 nitrogen and oxygen atoms in total. The van der Waals surface area contributed by atoms with Crippen molar-refractivity contribution in [2.24, 2.45) is 4.58 Å². The van der Waals surface area contributed by atoms with Gasteiger partial charge in [0.25, 0.3) is 0 Å². The first-order chi connectivity index (χ1) is 9.84. The molecular formula is C13H23N3O4S. The van der Waals surface area contributed by atoms with E-state index >= 15 is 0 Å². The maximum atomic E-state index is 11.9. The number of nitroso groups, excluding NO2 is 1. The Hall–Kier alpha value is -1.15. The van der Waals surface area contributed by atoms with E-state index < -0.39 is 5.97 Å². The minimum Gasteiger partial charge on any atom is -0.481 e. The van der Waals surface area contributed by atoms with E-state index in [-0.39, 0.29) is 17.1 Å². The predicted octanol–water partition coefficient (Wildman–Crippen LogP) is 1.58. The van der Waals surface area contributed by atoms with Gasteiger partial charge >= 0.3 is 5.97 Å². The first-order valence-corrected chi connectivity index (χ1v) is 7.84. The van der Waals surface area contributed by atoms with Crippen molar-refractivity contribution < 1.29 is 14.7 Å². The third-order valence-electron chi connectivity index (χ3n) is 3.40. The number of carbonyl (C=O) groups excluding carboxylic acids is 1. The Morgan fingerprint density at radius 1 is 1.19 bits per heavy atom. The van der Waals surface area contributed by atoms with Gasteiger partial charge in [0.2, 0.25) is 5.91 Å². The second-order valence-corrected chi connectivity index (χ2v) is 7.27. The Morgan fingerprint density at radius 3 is 2.33 bits per heavy atom. The molecule has 1 rings (SSSR count). The van der Waals surface area contributed by atoms with Gasteiger partial charge in [-0.15, -0.1) is 4.91 Å². The molecule has 0 spiro atoms. The van der Waals surface area contributed by atoms with Crippen molar-refractivity contribution >= 4 is 23.8 Å². The van der Waals surface area contributed by atoms with Gasteiger partial charge in [0.1, 0.15) is 0 Å². The van der Waals surface area contributed by atoms with E-state index in [4.69, 9.17) is 5.11 Å². The minimum absolute atomic E-state index is 0.0269. The third kappa shape index (κ3) is 6.90. The van der Waals surface area contributed by atoms with Crippen LogP contribution in [0.25, 0.3) is 0 Å². The quantitative estimate of drug-likeness (QED) is 0.540. The Labute approximate surface area is 129 Å². The van der Waals surface area contributed by atoms with Gasteiger partial charge in [-0.2, -0.15) is 0 Å². The number of hydrogen-bond donors (Lipinski definition) is 1. The van der Waals surface area contributed by atoms with Crippen LogP contribution in [0.5, 0.6) is 0 Å². The van der Waals surface area contributed by atoms with Crippen molar-refractivity contribution in [2.75, 3.05) is 32.7 Å². The average molecular weight is 317 g/mol. The fourth-order valence-electron chi connectivity index (χ4n) is 2.37. The third-order valence-corrected chi connectivity index (χ3v) is 4.09. The molecule has 1 amide bonds.